The first-order valence-corrected chi connectivity index (χ1v) is 4.80. The Hall–Kier alpha value is -1.26. The van der Waals surface area contributed by atoms with E-state index in [0.717, 1.165) is 18.4 Å². The second-order valence-corrected chi connectivity index (χ2v) is 3.88. The van der Waals surface area contributed by atoms with Gasteiger partial charge in [0.2, 0.25) is 11.9 Å². The van der Waals surface area contributed by atoms with Gasteiger partial charge >= 0.3 is 0 Å². The summed E-state index contributed by atoms with van der Waals surface area (Å²) in [6.45, 7) is 1.03. The molecule has 3 rings (SSSR count). The van der Waals surface area contributed by atoms with Gasteiger partial charge in [-0.15, -0.1) is 5.10 Å². The molecule has 13 heavy (non-hydrogen) atoms. The van der Waals surface area contributed by atoms with Gasteiger partial charge in [-0.3, -0.25) is 0 Å². The van der Waals surface area contributed by atoms with Crippen molar-refractivity contribution in [2.45, 2.75) is 25.3 Å². The van der Waals surface area contributed by atoms with Gasteiger partial charge in [0.15, 0.2) is 0 Å². The lowest BCUT2D eigenvalue weighted by atomic mass is 10.0. The lowest BCUT2D eigenvalue weighted by Gasteiger charge is -2.26. The highest BCUT2D eigenvalue weighted by atomic mass is 15.4. The predicted molar refractivity (Wildman–Crippen MR) is 49.3 cm³/mol. The molecule has 0 saturated heterocycles. The molecule has 2 unspecified atom stereocenters. The SMILES string of the molecule is Nc1nc2n(n1)C1CCCC1CN2. The molecule has 1 aliphatic heterocycles. The molecule has 1 aromatic heterocycles. The Balaban J connectivity index is 2.05. The van der Waals surface area contributed by atoms with Crippen molar-refractivity contribution in [2.24, 2.45) is 5.92 Å². The lowest BCUT2D eigenvalue weighted by Crippen LogP contribution is -2.29. The summed E-state index contributed by atoms with van der Waals surface area (Å²) in [6, 6.07) is 0.543. The van der Waals surface area contributed by atoms with Crippen molar-refractivity contribution in [3.63, 3.8) is 0 Å². The predicted octanol–water partition coefficient (Wildman–Crippen LogP) is 0.627. The van der Waals surface area contributed by atoms with E-state index in [2.05, 4.69) is 15.4 Å². The fourth-order valence-electron chi connectivity index (χ4n) is 2.49. The zero-order valence-electron chi connectivity index (χ0n) is 7.40. The van der Waals surface area contributed by atoms with Crippen molar-refractivity contribution < 1.29 is 0 Å². The molecule has 1 aromatic rings. The number of rotatable bonds is 0. The number of aromatic nitrogens is 3. The molecule has 70 valence electrons. The van der Waals surface area contributed by atoms with E-state index in [1.807, 2.05) is 4.68 Å². The van der Waals surface area contributed by atoms with Crippen LogP contribution >= 0.6 is 0 Å². The van der Waals surface area contributed by atoms with Gasteiger partial charge in [0, 0.05) is 6.54 Å². The van der Waals surface area contributed by atoms with Gasteiger partial charge in [-0.1, -0.05) is 6.42 Å². The summed E-state index contributed by atoms with van der Waals surface area (Å²) in [4.78, 5) is 4.13. The Labute approximate surface area is 76.3 Å². The molecule has 1 saturated carbocycles. The summed E-state index contributed by atoms with van der Waals surface area (Å²) in [5, 5.41) is 7.48. The highest BCUT2D eigenvalue weighted by Gasteiger charge is 2.34. The van der Waals surface area contributed by atoms with Gasteiger partial charge in [0.1, 0.15) is 0 Å². The van der Waals surface area contributed by atoms with Crippen LogP contribution in [-0.4, -0.2) is 21.3 Å². The third kappa shape index (κ3) is 0.928. The first kappa shape index (κ1) is 7.17. The molecule has 3 N–H and O–H groups in total. The number of nitrogens with two attached hydrogens (primary N) is 1. The van der Waals surface area contributed by atoms with Crippen molar-refractivity contribution in [2.75, 3.05) is 17.6 Å². The summed E-state index contributed by atoms with van der Waals surface area (Å²) in [5.74, 6) is 1.96. The van der Waals surface area contributed by atoms with Crippen molar-refractivity contribution >= 4 is 11.9 Å². The Bertz CT molecular complexity index is 331. The number of fused-ring (bicyclic) bond motifs is 3. The molecule has 2 aliphatic rings. The van der Waals surface area contributed by atoms with Crippen molar-refractivity contribution in [3.05, 3.63) is 0 Å². The van der Waals surface area contributed by atoms with E-state index in [-0.39, 0.29) is 0 Å². The molecule has 1 fully saturated rings. The minimum absolute atomic E-state index is 0.384. The quantitative estimate of drug-likeness (QED) is 0.612. The average Bonchev–Trinajstić information content (AvgIpc) is 2.65. The second-order valence-electron chi connectivity index (χ2n) is 3.88. The molecule has 1 aliphatic carbocycles. The molecule has 2 atom stereocenters. The maximum Gasteiger partial charge on any atom is 0.241 e. The smallest absolute Gasteiger partial charge is 0.241 e. The average molecular weight is 179 g/mol. The molecule has 2 heterocycles. The number of anilines is 2. The van der Waals surface area contributed by atoms with Crippen LogP contribution in [0.4, 0.5) is 11.9 Å². The van der Waals surface area contributed by atoms with Crippen LogP contribution in [0.5, 0.6) is 0 Å². The minimum Gasteiger partial charge on any atom is -0.366 e. The van der Waals surface area contributed by atoms with Gasteiger partial charge in [0.25, 0.3) is 0 Å². The Morgan fingerprint density at radius 1 is 1.46 bits per heavy atom. The molecule has 0 aromatic carbocycles. The van der Waals surface area contributed by atoms with Gasteiger partial charge in [-0.25, -0.2) is 4.68 Å². The normalized spacial score (nSPS) is 30.8. The third-order valence-corrected chi connectivity index (χ3v) is 3.10. The molecule has 5 heteroatoms. The summed E-state index contributed by atoms with van der Waals surface area (Å²) >= 11 is 0. The van der Waals surface area contributed by atoms with Crippen molar-refractivity contribution in [1.29, 1.82) is 0 Å². The molecule has 5 nitrogen and oxygen atoms in total. The van der Waals surface area contributed by atoms with Crippen LogP contribution in [-0.2, 0) is 0 Å². The monoisotopic (exact) mass is 179 g/mol. The molecule has 0 spiro atoms. The number of nitrogens with one attached hydrogen (secondary N) is 1. The summed E-state index contributed by atoms with van der Waals surface area (Å²) in [5.41, 5.74) is 5.56. The van der Waals surface area contributed by atoms with Gasteiger partial charge in [-0.05, 0) is 18.8 Å². The summed E-state index contributed by atoms with van der Waals surface area (Å²) in [7, 11) is 0. The molecule has 0 bridgehead atoms. The fourth-order valence-corrected chi connectivity index (χ4v) is 2.49. The van der Waals surface area contributed by atoms with Crippen LogP contribution in [0, 0.1) is 5.92 Å². The van der Waals surface area contributed by atoms with Crippen LogP contribution in [0.1, 0.15) is 25.3 Å². The molecule has 0 radical (unpaired) electrons. The number of nitrogen functional groups attached to an aromatic ring is 1. The van der Waals surface area contributed by atoms with Crippen LogP contribution in [0.2, 0.25) is 0 Å². The summed E-state index contributed by atoms with van der Waals surface area (Å²) in [6.07, 6.45) is 3.83. The van der Waals surface area contributed by atoms with Gasteiger partial charge in [-0.2, -0.15) is 4.98 Å². The fraction of sp³-hybridized carbons (Fsp3) is 0.750. The first-order valence-electron chi connectivity index (χ1n) is 4.80. The van der Waals surface area contributed by atoms with E-state index in [1.54, 1.807) is 0 Å². The maximum absolute atomic E-state index is 5.56. The van der Waals surface area contributed by atoms with E-state index in [0.29, 0.717) is 12.0 Å². The zero-order valence-corrected chi connectivity index (χ0v) is 7.40. The minimum atomic E-state index is 0.384. The molecule has 0 amide bonds. The number of hydrogen-bond donors (Lipinski definition) is 2. The highest BCUT2D eigenvalue weighted by molar-refractivity contribution is 5.34. The standard InChI is InChI=1S/C8H13N5/c9-7-11-8-10-4-5-2-1-3-6(5)13(8)12-7/h5-6H,1-4H2,(H3,9,10,11,12). The summed E-state index contributed by atoms with van der Waals surface area (Å²) < 4.78 is 1.97. The Kier molecular flexibility index (Phi) is 1.31. The Morgan fingerprint density at radius 3 is 3.31 bits per heavy atom. The number of hydrogen-bond acceptors (Lipinski definition) is 4. The second kappa shape index (κ2) is 2.37. The van der Waals surface area contributed by atoms with E-state index in [4.69, 9.17) is 5.73 Å². The van der Waals surface area contributed by atoms with Gasteiger partial charge < -0.3 is 11.1 Å². The lowest BCUT2D eigenvalue weighted by molar-refractivity contribution is 0.347. The van der Waals surface area contributed by atoms with E-state index >= 15 is 0 Å². The zero-order chi connectivity index (χ0) is 8.84. The highest BCUT2D eigenvalue weighted by Crippen LogP contribution is 2.39. The number of nitrogens with zero attached hydrogens (tertiary/aromatic N) is 3. The van der Waals surface area contributed by atoms with Crippen LogP contribution < -0.4 is 11.1 Å². The van der Waals surface area contributed by atoms with E-state index < -0.39 is 0 Å². The van der Waals surface area contributed by atoms with Crippen LogP contribution in [0.3, 0.4) is 0 Å². The van der Waals surface area contributed by atoms with Crippen LogP contribution in [0.15, 0.2) is 0 Å². The van der Waals surface area contributed by atoms with Crippen molar-refractivity contribution in [1.82, 2.24) is 14.8 Å². The van der Waals surface area contributed by atoms with E-state index in [9.17, 15) is 0 Å². The van der Waals surface area contributed by atoms with Gasteiger partial charge in [0.05, 0.1) is 6.04 Å². The van der Waals surface area contributed by atoms with E-state index in [1.165, 1.54) is 19.3 Å². The van der Waals surface area contributed by atoms with Crippen molar-refractivity contribution in [3.8, 4) is 0 Å². The van der Waals surface area contributed by atoms with Crippen LogP contribution in [0.25, 0.3) is 0 Å². The molecular formula is C8H13N5. The largest absolute Gasteiger partial charge is 0.366 e. The topological polar surface area (TPSA) is 68.8 Å². The Morgan fingerprint density at radius 2 is 2.38 bits per heavy atom. The third-order valence-electron chi connectivity index (χ3n) is 3.10. The first-order chi connectivity index (χ1) is 6.34. The maximum atomic E-state index is 5.56. The molecular weight excluding hydrogens is 166 g/mol.